The van der Waals surface area contributed by atoms with Crippen LogP contribution in [-0.2, 0) is 0 Å². The van der Waals surface area contributed by atoms with E-state index in [0.717, 1.165) is 99.7 Å². The predicted octanol–water partition coefficient (Wildman–Crippen LogP) is 16.5. The van der Waals surface area contributed by atoms with Crippen LogP contribution in [-0.4, -0.2) is 4.57 Å². The molecular weight excluding hydrogens is 757 g/mol. The average molecular weight is 793 g/mol. The van der Waals surface area contributed by atoms with Crippen molar-refractivity contribution in [3.63, 3.8) is 0 Å². The van der Waals surface area contributed by atoms with E-state index < -0.39 is 0 Å². The van der Waals surface area contributed by atoms with Gasteiger partial charge in [-0.05, 0) is 94.9 Å². The van der Waals surface area contributed by atoms with Gasteiger partial charge in [0.2, 0.25) is 0 Å². The Labute approximate surface area is 356 Å². The minimum Gasteiger partial charge on any atom is -0.456 e. The van der Waals surface area contributed by atoms with Gasteiger partial charge < -0.3 is 18.3 Å². The number of nitrogens with zero attached hydrogens (tertiary/aromatic N) is 2. The minimum absolute atomic E-state index is 0.848. The number of benzene rings is 10. The van der Waals surface area contributed by atoms with Gasteiger partial charge in [-0.2, -0.15) is 0 Å². The third-order valence-corrected chi connectivity index (χ3v) is 12.6. The summed E-state index contributed by atoms with van der Waals surface area (Å²) in [4.78, 5) is 2.38. The first-order valence-corrected chi connectivity index (χ1v) is 21.1. The zero-order chi connectivity index (χ0) is 40.7. The standard InChI is InChI=1S/C58H36N2O2/c1-2-18-44-37(14-1)32-35-48-57-52(26-13-29-55(57)62-58(44)48)59(41-16-11-15-39(36-41)43-22-12-28-54-56(43)47-21-6-10-27-53(47)61-54)40-33-30-38(31-34-40)42-17-3-7-23-49(42)60-50-24-8-4-19-45(50)46-20-5-9-25-51(46)60/h1-36H. The molecule has 4 nitrogen and oxygen atoms in total. The number of rotatable bonds is 6. The molecule has 290 valence electrons. The molecule has 13 aromatic rings. The fraction of sp³-hybridized carbons (Fsp3) is 0. The summed E-state index contributed by atoms with van der Waals surface area (Å²) < 4.78 is 15.5. The Morgan fingerprint density at radius 3 is 1.81 bits per heavy atom. The van der Waals surface area contributed by atoms with Gasteiger partial charge in [-0.15, -0.1) is 0 Å². The van der Waals surface area contributed by atoms with Gasteiger partial charge >= 0.3 is 0 Å². The Hall–Kier alpha value is -8.34. The second-order valence-corrected chi connectivity index (χ2v) is 16.0. The summed E-state index contributed by atoms with van der Waals surface area (Å²) in [5.41, 5.74) is 14.7. The van der Waals surface area contributed by atoms with Crippen LogP contribution in [0.3, 0.4) is 0 Å². The van der Waals surface area contributed by atoms with Gasteiger partial charge in [-0.3, -0.25) is 0 Å². The largest absolute Gasteiger partial charge is 0.456 e. The Morgan fingerprint density at radius 1 is 0.355 bits per heavy atom. The zero-order valence-corrected chi connectivity index (χ0v) is 33.5. The first-order chi connectivity index (χ1) is 30.8. The molecule has 3 aromatic heterocycles. The van der Waals surface area contributed by atoms with Crippen LogP contribution in [0.25, 0.3) is 104 Å². The maximum atomic E-state index is 6.75. The van der Waals surface area contributed by atoms with Gasteiger partial charge in [0.05, 0.1) is 27.8 Å². The number of hydrogen-bond acceptors (Lipinski definition) is 3. The van der Waals surface area contributed by atoms with Crippen molar-refractivity contribution in [1.29, 1.82) is 0 Å². The normalized spacial score (nSPS) is 11.9. The molecule has 0 aliphatic carbocycles. The molecule has 0 atom stereocenters. The molecule has 0 bridgehead atoms. The van der Waals surface area contributed by atoms with Crippen LogP contribution in [0.1, 0.15) is 0 Å². The van der Waals surface area contributed by atoms with E-state index >= 15 is 0 Å². The highest BCUT2D eigenvalue weighted by Crippen LogP contribution is 2.46. The summed E-state index contributed by atoms with van der Waals surface area (Å²) in [6, 6.07) is 78.0. The van der Waals surface area contributed by atoms with E-state index in [1.165, 1.54) is 21.8 Å². The van der Waals surface area contributed by atoms with Crippen molar-refractivity contribution in [2.45, 2.75) is 0 Å². The highest BCUT2D eigenvalue weighted by Gasteiger charge is 2.22. The van der Waals surface area contributed by atoms with Crippen molar-refractivity contribution in [3.8, 4) is 27.9 Å². The lowest BCUT2D eigenvalue weighted by Gasteiger charge is -2.27. The molecule has 62 heavy (non-hydrogen) atoms. The smallest absolute Gasteiger partial charge is 0.143 e. The fourth-order valence-corrected chi connectivity index (χ4v) is 9.86. The monoisotopic (exact) mass is 792 g/mol. The molecule has 0 N–H and O–H groups in total. The molecular formula is C58H36N2O2. The van der Waals surface area contributed by atoms with E-state index in [4.69, 9.17) is 8.83 Å². The van der Waals surface area contributed by atoms with Crippen LogP contribution in [0.15, 0.2) is 227 Å². The molecule has 0 radical (unpaired) electrons. The summed E-state index contributed by atoms with van der Waals surface area (Å²) in [6.07, 6.45) is 0. The van der Waals surface area contributed by atoms with E-state index in [-0.39, 0.29) is 0 Å². The first-order valence-electron chi connectivity index (χ1n) is 21.1. The Balaban J connectivity index is 1.01. The lowest BCUT2D eigenvalue weighted by molar-refractivity contribution is 0.669. The fourth-order valence-electron chi connectivity index (χ4n) is 9.86. The quantitative estimate of drug-likeness (QED) is 0.168. The summed E-state index contributed by atoms with van der Waals surface area (Å²) in [7, 11) is 0. The molecule has 0 unspecified atom stereocenters. The third-order valence-electron chi connectivity index (χ3n) is 12.6. The Bertz CT molecular complexity index is 3830. The lowest BCUT2D eigenvalue weighted by Crippen LogP contribution is -2.10. The molecule has 0 fully saturated rings. The third kappa shape index (κ3) is 5.20. The van der Waals surface area contributed by atoms with Crippen LogP contribution < -0.4 is 4.90 Å². The van der Waals surface area contributed by atoms with Gasteiger partial charge in [0.1, 0.15) is 22.3 Å². The predicted molar refractivity (Wildman–Crippen MR) is 258 cm³/mol. The summed E-state index contributed by atoms with van der Waals surface area (Å²) in [5, 5.41) is 9.14. The Morgan fingerprint density at radius 2 is 0.984 bits per heavy atom. The lowest BCUT2D eigenvalue weighted by atomic mass is 9.98. The number of anilines is 3. The molecule has 0 amide bonds. The highest BCUT2D eigenvalue weighted by molar-refractivity contribution is 6.20. The van der Waals surface area contributed by atoms with Gasteiger partial charge in [-0.25, -0.2) is 0 Å². The maximum absolute atomic E-state index is 6.75. The molecule has 0 saturated heterocycles. The van der Waals surface area contributed by atoms with E-state index in [2.05, 4.69) is 216 Å². The molecule has 10 aromatic carbocycles. The number of furan rings is 2. The van der Waals surface area contributed by atoms with Crippen molar-refractivity contribution in [2.75, 3.05) is 4.90 Å². The minimum atomic E-state index is 0.848. The van der Waals surface area contributed by atoms with E-state index in [0.29, 0.717) is 0 Å². The zero-order valence-electron chi connectivity index (χ0n) is 33.5. The second-order valence-electron chi connectivity index (χ2n) is 16.0. The van der Waals surface area contributed by atoms with Crippen LogP contribution >= 0.6 is 0 Å². The summed E-state index contributed by atoms with van der Waals surface area (Å²) >= 11 is 0. The van der Waals surface area contributed by atoms with Crippen LogP contribution in [0.4, 0.5) is 17.1 Å². The van der Waals surface area contributed by atoms with Crippen LogP contribution in [0, 0.1) is 0 Å². The van der Waals surface area contributed by atoms with Crippen molar-refractivity contribution in [2.24, 2.45) is 0 Å². The highest BCUT2D eigenvalue weighted by atomic mass is 16.3. The van der Waals surface area contributed by atoms with Gasteiger partial charge in [0, 0.05) is 49.3 Å². The maximum Gasteiger partial charge on any atom is 0.143 e. The van der Waals surface area contributed by atoms with Gasteiger partial charge in [-0.1, -0.05) is 146 Å². The number of fused-ring (bicyclic) bond motifs is 11. The molecule has 0 saturated carbocycles. The second kappa shape index (κ2) is 13.6. The van der Waals surface area contributed by atoms with Gasteiger partial charge in [0.25, 0.3) is 0 Å². The van der Waals surface area contributed by atoms with Crippen LogP contribution in [0.5, 0.6) is 0 Å². The summed E-state index contributed by atoms with van der Waals surface area (Å²) in [5.74, 6) is 0. The van der Waals surface area contributed by atoms with Crippen molar-refractivity contribution < 1.29 is 8.83 Å². The molecule has 0 spiro atoms. The molecule has 4 heteroatoms. The first kappa shape index (κ1) is 34.5. The van der Waals surface area contributed by atoms with E-state index in [9.17, 15) is 0 Å². The number of aromatic nitrogens is 1. The van der Waals surface area contributed by atoms with Crippen molar-refractivity contribution in [3.05, 3.63) is 218 Å². The van der Waals surface area contributed by atoms with Gasteiger partial charge in [0.15, 0.2) is 0 Å². The SMILES string of the molecule is c1cc(-c2cccc3oc4ccccc4c23)cc(N(c2ccc(-c3ccccc3-n3c4ccccc4c4ccccc43)cc2)c2cccc3oc4c5ccccc5ccc4c23)c1. The molecule has 3 heterocycles. The molecule has 0 aliphatic heterocycles. The average Bonchev–Trinajstić information content (AvgIpc) is 4.02. The number of para-hydroxylation sites is 4. The van der Waals surface area contributed by atoms with Crippen LogP contribution in [0.2, 0.25) is 0 Å². The Kier molecular flexibility index (Phi) is 7.57. The number of hydrogen-bond donors (Lipinski definition) is 0. The topological polar surface area (TPSA) is 34.5 Å². The van der Waals surface area contributed by atoms with Crippen molar-refractivity contribution >= 4 is 93.5 Å². The molecule has 13 rings (SSSR count). The molecule has 0 aliphatic rings. The van der Waals surface area contributed by atoms with Crippen molar-refractivity contribution in [1.82, 2.24) is 4.57 Å². The summed E-state index contributed by atoms with van der Waals surface area (Å²) in [6.45, 7) is 0. The van der Waals surface area contributed by atoms with E-state index in [1.54, 1.807) is 0 Å². The van der Waals surface area contributed by atoms with E-state index in [1.807, 2.05) is 12.1 Å².